The van der Waals surface area contributed by atoms with Crippen LogP contribution in [0.25, 0.3) is 22.0 Å². The van der Waals surface area contributed by atoms with Gasteiger partial charge in [0.15, 0.2) is 0 Å². The third-order valence-corrected chi connectivity index (χ3v) is 14.1. The Hall–Kier alpha value is -5.05. The molecule has 2 aromatic heterocycles. The number of carbonyl (C=O) groups excluding carboxylic acids is 4. The fourth-order valence-electron chi connectivity index (χ4n) is 8.07. The van der Waals surface area contributed by atoms with Gasteiger partial charge >= 0.3 is 6.09 Å². The number of ether oxygens (including phenoxy) is 2. The summed E-state index contributed by atoms with van der Waals surface area (Å²) in [6, 6.07) is 10.7. The Morgan fingerprint density at radius 2 is 1.84 bits per heavy atom. The summed E-state index contributed by atoms with van der Waals surface area (Å²) in [6.07, 6.45) is 9.65. The van der Waals surface area contributed by atoms with Gasteiger partial charge in [-0.2, -0.15) is 0 Å². The molecular formula is C40H46N6O8S. The van der Waals surface area contributed by atoms with Crippen molar-refractivity contribution in [2.24, 2.45) is 11.8 Å². The summed E-state index contributed by atoms with van der Waals surface area (Å²) >= 11 is 0. The van der Waals surface area contributed by atoms with E-state index in [1.165, 1.54) is 11.0 Å². The van der Waals surface area contributed by atoms with Crippen molar-refractivity contribution < 1.29 is 37.1 Å². The number of aromatic nitrogens is 2. The molecule has 4 fully saturated rings. The predicted molar refractivity (Wildman–Crippen MR) is 202 cm³/mol. The van der Waals surface area contributed by atoms with E-state index in [9.17, 15) is 27.6 Å². The molecule has 6 unspecified atom stereocenters. The summed E-state index contributed by atoms with van der Waals surface area (Å²) in [5, 5.41) is 6.33. The summed E-state index contributed by atoms with van der Waals surface area (Å²) in [7, 11) is -3.98. The van der Waals surface area contributed by atoms with Crippen LogP contribution in [-0.2, 0) is 35.6 Å². The zero-order valence-corrected chi connectivity index (χ0v) is 31.6. The zero-order valence-electron chi connectivity index (χ0n) is 30.8. The molecule has 2 bridgehead atoms. The summed E-state index contributed by atoms with van der Waals surface area (Å²) < 4.78 is 39.5. The largest absolute Gasteiger partial charge is 0.472 e. The third kappa shape index (κ3) is 7.26. The van der Waals surface area contributed by atoms with Gasteiger partial charge in [0.1, 0.15) is 30.3 Å². The highest BCUT2D eigenvalue weighted by Crippen LogP contribution is 2.47. The monoisotopic (exact) mass is 770 g/mol. The van der Waals surface area contributed by atoms with E-state index in [2.05, 4.69) is 26.9 Å². The molecule has 4 amide bonds. The molecule has 14 nitrogen and oxygen atoms in total. The molecule has 15 heteroatoms. The van der Waals surface area contributed by atoms with E-state index < -0.39 is 68.7 Å². The van der Waals surface area contributed by atoms with Crippen molar-refractivity contribution in [1.29, 1.82) is 0 Å². The van der Waals surface area contributed by atoms with Crippen molar-refractivity contribution in [1.82, 2.24) is 30.2 Å². The van der Waals surface area contributed by atoms with Crippen LogP contribution >= 0.6 is 0 Å². The van der Waals surface area contributed by atoms with Gasteiger partial charge in [-0.05, 0) is 87.1 Å². The van der Waals surface area contributed by atoms with E-state index in [4.69, 9.17) is 14.5 Å². The maximum Gasteiger partial charge on any atom is 0.407 e. The van der Waals surface area contributed by atoms with Gasteiger partial charge in [0.2, 0.25) is 27.7 Å². The van der Waals surface area contributed by atoms with Crippen LogP contribution in [0, 0.1) is 11.8 Å². The molecule has 3 aromatic rings. The second kappa shape index (κ2) is 14.2. The normalized spacial score (nSPS) is 28.8. The molecule has 290 valence electrons. The van der Waals surface area contributed by atoms with Gasteiger partial charge in [-0.1, -0.05) is 37.1 Å². The van der Waals surface area contributed by atoms with Crippen molar-refractivity contribution in [3.63, 3.8) is 0 Å². The van der Waals surface area contributed by atoms with Gasteiger partial charge in [-0.25, -0.2) is 18.2 Å². The van der Waals surface area contributed by atoms with Crippen molar-refractivity contribution in [3.05, 3.63) is 67.0 Å². The fraction of sp³-hybridized carbons (Fsp3) is 0.500. The summed E-state index contributed by atoms with van der Waals surface area (Å²) in [5.41, 5.74) is 2.05. The minimum atomic E-state index is -3.98. The van der Waals surface area contributed by atoms with Crippen LogP contribution in [0.4, 0.5) is 4.79 Å². The Balaban J connectivity index is 1.12. The van der Waals surface area contributed by atoms with E-state index in [1.54, 1.807) is 19.3 Å². The Morgan fingerprint density at radius 1 is 1.05 bits per heavy atom. The van der Waals surface area contributed by atoms with Crippen LogP contribution in [0.5, 0.6) is 5.88 Å². The van der Waals surface area contributed by atoms with Gasteiger partial charge in [0.05, 0.1) is 16.8 Å². The topological polar surface area (TPSA) is 186 Å². The summed E-state index contributed by atoms with van der Waals surface area (Å²) in [5.74, 6) is -1.85. The van der Waals surface area contributed by atoms with Crippen molar-refractivity contribution in [2.45, 2.75) is 99.7 Å². The lowest BCUT2D eigenvalue weighted by molar-refractivity contribution is -0.139. The number of rotatable bonds is 7. The molecule has 5 aliphatic rings. The number of hydrogen-bond donors (Lipinski definition) is 3. The number of alkyl carbamates (subject to hydrolysis) is 1. The van der Waals surface area contributed by atoms with Crippen LogP contribution in [-0.4, -0.2) is 88.7 Å². The SMILES string of the molecule is C=CC1CC1(NC(=O)C1CC2CN1C(=O)CNC(=O)OC1CC1CCCCCc1c(nc3ccccc3c1-c1ccncc1)O2)C(=O)NS(=O)(=O)C1(C)CC1. The van der Waals surface area contributed by atoms with E-state index >= 15 is 0 Å². The summed E-state index contributed by atoms with van der Waals surface area (Å²) in [4.78, 5) is 65.0. The molecule has 3 aliphatic carbocycles. The Morgan fingerprint density at radius 3 is 2.58 bits per heavy atom. The number of amides is 4. The zero-order chi connectivity index (χ0) is 38.5. The van der Waals surface area contributed by atoms with Crippen LogP contribution in [0.3, 0.4) is 0 Å². The molecule has 1 saturated heterocycles. The number of para-hydroxylation sites is 1. The molecule has 1 aromatic carbocycles. The lowest BCUT2D eigenvalue weighted by Crippen LogP contribution is -2.57. The van der Waals surface area contributed by atoms with Crippen LogP contribution in [0.2, 0.25) is 0 Å². The van der Waals surface area contributed by atoms with Crippen molar-refractivity contribution in [2.75, 3.05) is 13.1 Å². The first-order chi connectivity index (χ1) is 26.4. The van der Waals surface area contributed by atoms with E-state index in [1.807, 2.05) is 36.4 Å². The first-order valence-corrected chi connectivity index (χ1v) is 20.6. The number of sulfonamides is 1. The number of nitrogens with one attached hydrogen (secondary N) is 3. The molecule has 0 spiro atoms. The third-order valence-electron chi connectivity index (χ3n) is 12.0. The number of fused-ring (bicyclic) bond motifs is 5. The van der Waals surface area contributed by atoms with Crippen LogP contribution in [0.1, 0.15) is 70.3 Å². The smallest absolute Gasteiger partial charge is 0.407 e. The first-order valence-electron chi connectivity index (χ1n) is 19.2. The molecule has 4 heterocycles. The van der Waals surface area contributed by atoms with Crippen molar-refractivity contribution in [3.8, 4) is 17.0 Å². The molecule has 2 aliphatic heterocycles. The number of pyridine rings is 2. The van der Waals surface area contributed by atoms with Gasteiger partial charge in [-0.3, -0.25) is 24.1 Å². The highest BCUT2D eigenvalue weighted by Gasteiger charge is 2.63. The van der Waals surface area contributed by atoms with E-state index in [0.717, 1.165) is 59.7 Å². The highest BCUT2D eigenvalue weighted by atomic mass is 32.2. The minimum absolute atomic E-state index is 0.00625. The average molecular weight is 771 g/mol. The maximum atomic E-state index is 14.3. The molecule has 55 heavy (non-hydrogen) atoms. The number of carbonyl (C=O) groups is 4. The second-order valence-electron chi connectivity index (χ2n) is 15.8. The Labute approximate surface area is 319 Å². The van der Waals surface area contributed by atoms with Crippen LogP contribution in [0.15, 0.2) is 61.4 Å². The highest BCUT2D eigenvalue weighted by molar-refractivity contribution is 7.91. The maximum absolute atomic E-state index is 14.3. The van der Waals surface area contributed by atoms with Crippen LogP contribution < -0.4 is 20.1 Å². The Bertz CT molecular complexity index is 2160. The number of nitrogens with zero attached hydrogens (tertiary/aromatic N) is 3. The van der Waals surface area contributed by atoms with Gasteiger partial charge in [-0.15, -0.1) is 6.58 Å². The lowest BCUT2D eigenvalue weighted by Gasteiger charge is -2.26. The second-order valence-corrected chi connectivity index (χ2v) is 18.0. The lowest BCUT2D eigenvalue weighted by atomic mass is 9.93. The summed E-state index contributed by atoms with van der Waals surface area (Å²) in [6.45, 7) is 4.94. The predicted octanol–water partition coefficient (Wildman–Crippen LogP) is 3.94. The van der Waals surface area contributed by atoms with Gasteiger partial charge in [0.25, 0.3) is 5.91 Å². The molecule has 3 N–H and O–H groups in total. The molecule has 8 rings (SSSR count). The number of hydrogen-bond acceptors (Lipinski definition) is 10. The quantitative estimate of drug-likeness (QED) is 0.298. The molecular weight excluding hydrogens is 725 g/mol. The van der Waals surface area contributed by atoms with Gasteiger partial charge < -0.3 is 25.0 Å². The fourth-order valence-corrected chi connectivity index (χ4v) is 9.38. The average Bonchev–Trinajstić information content (AvgIpc) is 4.13. The minimum Gasteiger partial charge on any atom is -0.472 e. The molecule has 6 atom stereocenters. The van der Waals surface area contributed by atoms with Crippen molar-refractivity contribution >= 4 is 44.7 Å². The first kappa shape index (κ1) is 36.9. The molecule has 0 radical (unpaired) electrons. The standard InChI is InChI=1S/C40H46N6O8S/c1-3-26-21-40(26,37(49)45-55(51,52)39(2)15-16-39)44-35(48)31-20-27-23-46(31)33(47)22-42-38(50)54-32-19-25(32)9-5-4-6-11-29-34(24-13-17-41-18-14-24)28-10-7-8-12-30(28)43-36(29)53-27/h3,7-8,10,12-14,17-18,25-27,31-32H,1,4-6,9,11,15-16,19-23H2,2H3,(H,42,50)(H,44,48)(H,45,49). The Kier molecular flexibility index (Phi) is 9.54. The number of benzene rings is 1. The van der Waals surface area contributed by atoms with E-state index in [0.29, 0.717) is 25.1 Å². The molecule has 3 saturated carbocycles. The van der Waals surface area contributed by atoms with E-state index in [-0.39, 0.29) is 31.4 Å². The van der Waals surface area contributed by atoms with Gasteiger partial charge in [0, 0.05) is 35.7 Å².